The largest absolute Gasteiger partial charge is 0.387 e. The van der Waals surface area contributed by atoms with Gasteiger partial charge in [0.1, 0.15) is 0 Å². The number of terminal acetylenes is 1. The second-order valence-electron chi connectivity index (χ2n) is 2.84. The highest BCUT2D eigenvalue weighted by Gasteiger charge is 2.04. The summed E-state index contributed by atoms with van der Waals surface area (Å²) in [5, 5.41) is 12.5. The van der Waals surface area contributed by atoms with Crippen LogP contribution in [0.3, 0.4) is 0 Å². The summed E-state index contributed by atoms with van der Waals surface area (Å²) in [6.07, 6.45) is 4.75. The molecule has 1 rings (SSSR count). The molecule has 0 bridgehead atoms. The van der Waals surface area contributed by atoms with E-state index in [1.54, 1.807) is 7.05 Å². The zero-order valence-corrected chi connectivity index (χ0v) is 7.62. The molecule has 0 heterocycles. The third-order valence-electron chi connectivity index (χ3n) is 1.86. The molecule has 0 radical (unpaired) electrons. The van der Waals surface area contributed by atoms with Gasteiger partial charge in [0, 0.05) is 12.1 Å². The molecule has 0 aliphatic carbocycles. The van der Waals surface area contributed by atoms with E-state index in [0.717, 1.165) is 11.1 Å². The van der Waals surface area contributed by atoms with Gasteiger partial charge in [0.25, 0.3) is 0 Å². The molecule has 2 N–H and O–H groups in total. The lowest BCUT2D eigenvalue weighted by atomic mass is 10.1. The number of hydrogen-bond acceptors (Lipinski definition) is 2. The Hall–Kier alpha value is -1.30. The van der Waals surface area contributed by atoms with Crippen molar-refractivity contribution in [3.8, 4) is 12.3 Å². The van der Waals surface area contributed by atoms with Crippen LogP contribution in [0.2, 0.25) is 0 Å². The highest BCUT2D eigenvalue weighted by molar-refractivity contribution is 5.34. The van der Waals surface area contributed by atoms with Crippen molar-refractivity contribution in [3.05, 3.63) is 35.4 Å². The van der Waals surface area contributed by atoms with E-state index in [2.05, 4.69) is 11.2 Å². The molecule has 2 nitrogen and oxygen atoms in total. The first kappa shape index (κ1) is 9.79. The molecule has 0 aromatic heterocycles. The van der Waals surface area contributed by atoms with Crippen LogP contribution in [0, 0.1) is 12.3 Å². The molecule has 0 saturated heterocycles. The number of rotatable bonds is 3. The van der Waals surface area contributed by atoms with Crippen LogP contribution in [-0.2, 0) is 0 Å². The number of aliphatic hydroxyl groups is 1. The molecule has 13 heavy (non-hydrogen) atoms. The van der Waals surface area contributed by atoms with Crippen LogP contribution < -0.4 is 5.32 Å². The van der Waals surface area contributed by atoms with E-state index in [0.29, 0.717) is 6.54 Å². The molecule has 1 unspecified atom stereocenters. The zero-order chi connectivity index (χ0) is 9.68. The van der Waals surface area contributed by atoms with E-state index in [4.69, 9.17) is 6.42 Å². The molecule has 1 aromatic rings. The van der Waals surface area contributed by atoms with Gasteiger partial charge in [-0.25, -0.2) is 0 Å². The van der Waals surface area contributed by atoms with Crippen molar-refractivity contribution >= 4 is 0 Å². The predicted octanol–water partition coefficient (Wildman–Crippen LogP) is 0.921. The van der Waals surface area contributed by atoms with Crippen LogP contribution in [0.4, 0.5) is 0 Å². The van der Waals surface area contributed by atoms with Crippen molar-refractivity contribution in [1.82, 2.24) is 5.32 Å². The van der Waals surface area contributed by atoms with E-state index in [9.17, 15) is 5.11 Å². The molecular formula is C11H13NO. The third-order valence-corrected chi connectivity index (χ3v) is 1.86. The fraction of sp³-hybridized carbons (Fsp3) is 0.273. The van der Waals surface area contributed by atoms with Gasteiger partial charge in [-0.05, 0) is 24.7 Å². The predicted molar refractivity (Wildman–Crippen MR) is 53.3 cm³/mol. The standard InChI is InChI=1S/C11H13NO/c1-3-9-4-6-10(7-5-9)11(13)8-12-2/h1,4-7,11-13H,8H2,2H3. The third kappa shape index (κ3) is 2.59. The van der Waals surface area contributed by atoms with Crippen LogP contribution in [0.1, 0.15) is 17.2 Å². The Morgan fingerprint density at radius 3 is 2.54 bits per heavy atom. The molecule has 68 valence electrons. The van der Waals surface area contributed by atoms with Crippen molar-refractivity contribution < 1.29 is 5.11 Å². The topological polar surface area (TPSA) is 32.3 Å². The average Bonchev–Trinajstić information content (AvgIpc) is 2.18. The number of aliphatic hydroxyl groups excluding tert-OH is 1. The SMILES string of the molecule is C#Cc1ccc(C(O)CNC)cc1. The minimum Gasteiger partial charge on any atom is -0.387 e. The van der Waals surface area contributed by atoms with Crippen LogP contribution in [0.5, 0.6) is 0 Å². The number of likely N-dealkylation sites (N-methyl/N-ethyl adjacent to an activating group) is 1. The van der Waals surface area contributed by atoms with E-state index in [1.165, 1.54) is 0 Å². The van der Waals surface area contributed by atoms with Gasteiger partial charge < -0.3 is 10.4 Å². The summed E-state index contributed by atoms with van der Waals surface area (Å²) in [5.41, 5.74) is 1.72. The molecule has 0 spiro atoms. The maximum atomic E-state index is 9.57. The minimum absolute atomic E-state index is 0.461. The van der Waals surface area contributed by atoms with Crippen molar-refractivity contribution in [2.45, 2.75) is 6.10 Å². The normalized spacial score (nSPS) is 12.1. The number of nitrogens with one attached hydrogen (secondary N) is 1. The summed E-state index contributed by atoms with van der Waals surface area (Å²) >= 11 is 0. The summed E-state index contributed by atoms with van der Waals surface area (Å²) < 4.78 is 0. The van der Waals surface area contributed by atoms with E-state index in [-0.39, 0.29) is 0 Å². The molecule has 0 amide bonds. The Morgan fingerprint density at radius 2 is 2.08 bits per heavy atom. The zero-order valence-electron chi connectivity index (χ0n) is 7.62. The Labute approximate surface area is 78.6 Å². The van der Waals surface area contributed by atoms with Crippen molar-refractivity contribution in [2.24, 2.45) is 0 Å². The first-order chi connectivity index (χ1) is 6.27. The summed E-state index contributed by atoms with van der Waals surface area (Å²) in [6.45, 7) is 0.551. The fourth-order valence-corrected chi connectivity index (χ4v) is 1.11. The van der Waals surface area contributed by atoms with Gasteiger partial charge in [0.05, 0.1) is 6.10 Å². The monoisotopic (exact) mass is 175 g/mol. The second kappa shape index (κ2) is 4.66. The van der Waals surface area contributed by atoms with E-state index >= 15 is 0 Å². The van der Waals surface area contributed by atoms with Gasteiger partial charge in [-0.15, -0.1) is 6.42 Å². The highest BCUT2D eigenvalue weighted by atomic mass is 16.3. The maximum absolute atomic E-state index is 9.57. The Morgan fingerprint density at radius 1 is 1.46 bits per heavy atom. The van der Waals surface area contributed by atoms with E-state index in [1.807, 2.05) is 24.3 Å². The molecule has 1 atom stereocenters. The van der Waals surface area contributed by atoms with Gasteiger partial charge in [-0.3, -0.25) is 0 Å². The smallest absolute Gasteiger partial charge is 0.0914 e. The fourth-order valence-electron chi connectivity index (χ4n) is 1.11. The van der Waals surface area contributed by atoms with Gasteiger partial charge in [-0.2, -0.15) is 0 Å². The molecule has 2 heteroatoms. The highest BCUT2D eigenvalue weighted by Crippen LogP contribution is 2.12. The molecule has 0 aliphatic rings. The molecule has 0 fully saturated rings. The Balaban J connectivity index is 2.75. The van der Waals surface area contributed by atoms with E-state index < -0.39 is 6.10 Å². The van der Waals surface area contributed by atoms with Crippen LogP contribution in [-0.4, -0.2) is 18.7 Å². The van der Waals surface area contributed by atoms with Gasteiger partial charge in [0.2, 0.25) is 0 Å². The van der Waals surface area contributed by atoms with Crippen LogP contribution in [0.15, 0.2) is 24.3 Å². The lowest BCUT2D eigenvalue weighted by Crippen LogP contribution is -2.16. The molecule has 1 aromatic carbocycles. The summed E-state index contributed by atoms with van der Waals surface area (Å²) in [5.74, 6) is 2.53. The molecule has 0 aliphatic heterocycles. The Bertz CT molecular complexity index is 297. The first-order valence-electron chi connectivity index (χ1n) is 4.17. The van der Waals surface area contributed by atoms with Crippen molar-refractivity contribution in [2.75, 3.05) is 13.6 Å². The van der Waals surface area contributed by atoms with Crippen molar-refractivity contribution in [3.63, 3.8) is 0 Å². The van der Waals surface area contributed by atoms with Gasteiger partial charge in [-0.1, -0.05) is 18.1 Å². The molecular weight excluding hydrogens is 162 g/mol. The minimum atomic E-state index is -0.461. The summed E-state index contributed by atoms with van der Waals surface area (Å²) in [6, 6.07) is 7.34. The Kier molecular flexibility index (Phi) is 3.51. The maximum Gasteiger partial charge on any atom is 0.0914 e. The molecule has 0 saturated carbocycles. The van der Waals surface area contributed by atoms with Crippen molar-refractivity contribution in [1.29, 1.82) is 0 Å². The van der Waals surface area contributed by atoms with Crippen LogP contribution in [0.25, 0.3) is 0 Å². The van der Waals surface area contributed by atoms with Gasteiger partial charge >= 0.3 is 0 Å². The number of benzene rings is 1. The van der Waals surface area contributed by atoms with Gasteiger partial charge in [0.15, 0.2) is 0 Å². The first-order valence-corrected chi connectivity index (χ1v) is 4.17. The quantitative estimate of drug-likeness (QED) is 0.669. The van der Waals surface area contributed by atoms with Crippen LogP contribution >= 0.6 is 0 Å². The lowest BCUT2D eigenvalue weighted by Gasteiger charge is -2.09. The number of hydrogen-bond donors (Lipinski definition) is 2. The second-order valence-corrected chi connectivity index (χ2v) is 2.84. The summed E-state index contributed by atoms with van der Waals surface area (Å²) in [7, 11) is 1.80. The average molecular weight is 175 g/mol. The lowest BCUT2D eigenvalue weighted by molar-refractivity contribution is 0.178. The summed E-state index contributed by atoms with van der Waals surface area (Å²) in [4.78, 5) is 0.